The Kier molecular flexibility index (Phi) is 5.69. The van der Waals surface area contributed by atoms with Gasteiger partial charge in [-0.2, -0.15) is 0 Å². The lowest BCUT2D eigenvalue weighted by Gasteiger charge is -2.14. The molecule has 2 unspecified atom stereocenters. The number of nitrogens with one attached hydrogen (secondary N) is 1. The van der Waals surface area contributed by atoms with Crippen LogP contribution in [-0.4, -0.2) is 26.4 Å². The SMILES string of the molecule is COc1c(Br)cc(CNC2CCC(OC)C2)cc1Br. The highest BCUT2D eigenvalue weighted by Gasteiger charge is 2.23. The predicted octanol–water partition coefficient (Wildman–Crippen LogP) is 3.88. The number of benzene rings is 1. The summed E-state index contributed by atoms with van der Waals surface area (Å²) in [4.78, 5) is 0. The molecule has 1 aromatic carbocycles. The fourth-order valence-corrected chi connectivity index (χ4v) is 4.12. The van der Waals surface area contributed by atoms with Gasteiger partial charge in [-0.3, -0.25) is 0 Å². The zero-order valence-corrected chi connectivity index (χ0v) is 14.4. The molecule has 19 heavy (non-hydrogen) atoms. The first kappa shape index (κ1) is 15.3. The average Bonchev–Trinajstić information content (AvgIpc) is 2.84. The van der Waals surface area contributed by atoms with Gasteiger partial charge in [-0.15, -0.1) is 0 Å². The van der Waals surface area contributed by atoms with Crippen molar-refractivity contribution in [1.29, 1.82) is 0 Å². The van der Waals surface area contributed by atoms with Gasteiger partial charge in [0.1, 0.15) is 5.75 Å². The maximum Gasteiger partial charge on any atom is 0.147 e. The lowest BCUT2D eigenvalue weighted by atomic mass is 10.2. The number of ether oxygens (including phenoxy) is 2. The van der Waals surface area contributed by atoms with Gasteiger partial charge < -0.3 is 14.8 Å². The van der Waals surface area contributed by atoms with Crippen molar-refractivity contribution in [3.63, 3.8) is 0 Å². The molecule has 0 heterocycles. The van der Waals surface area contributed by atoms with E-state index in [4.69, 9.17) is 9.47 Å². The molecule has 0 bridgehead atoms. The smallest absolute Gasteiger partial charge is 0.147 e. The summed E-state index contributed by atoms with van der Waals surface area (Å²) in [7, 11) is 3.47. The number of hydrogen-bond donors (Lipinski definition) is 1. The minimum absolute atomic E-state index is 0.423. The molecular weight excluding hydrogens is 374 g/mol. The second-order valence-corrected chi connectivity index (χ2v) is 6.55. The van der Waals surface area contributed by atoms with Crippen molar-refractivity contribution in [2.24, 2.45) is 0 Å². The van der Waals surface area contributed by atoms with Crippen LogP contribution in [-0.2, 0) is 11.3 Å². The molecule has 3 nitrogen and oxygen atoms in total. The van der Waals surface area contributed by atoms with Crippen molar-refractivity contribution < 1.29 is 9.47 Å². The third-order valence-corrected chi connectivity index (χ3v) is 4.75. The molecule has 0 aromatic heterocycles. The molecule has 0 aliphatic heterocycles. The van der Waals surface area contributed by atoms with Crippen molar-refractivity contribution in [3.05, 3.63) is 26.6 Å². The molecule has 1 aromatic rings. The second kappa shape index (κ2) is 7.07. The van der Waals surface area contributed by atoms with Crippen LogP contribution in [0.1, 0.15) is 24.8 Å². The van der Waals surface area contributed by atoms with Gasteiger partial charge in [-0.05, 0) is 68.8 Å². The van der Waals surface area contributed by atoms with Gasteiger partial charge in [0.05, 0.1) is 22.2 Å². The first-order chi connectivity index (χ1) is 9.13. The van der Waals surface area contributed by atoms with E-state index < -0.39 is 0 Å². The van der Waals surface area contributed by atoms with Gasteiger partial charge in [0.2, 0.25) is 0 Å². The molecular formula is C14H19Br2NO2. The summed E-state index contributed by atoms with van der Waals surface area (Å²) < 4.78 is 12.6. The molecule has 1 aliphatic rings. The Labute approximate surface area is 131 Å². The van der Waals surface area contributed by atoms with E-state index in [1.54, 1.807) is 14.2 Å². The molecule has 0 spiro atoms. The normalized spacial score (nSPS) is 22.7. The summed E-state index contributed by atoms with van der Waals surface area (Å²) in [5.74, 6) is 0.837. The van der Waals surface area contributed by atoms with Crippen LogP contribution in [0.2, 0.25) is 0 Å². The highest BCUT2D eigenvalue weighted by atomic mass is 79.9. The van der Waals surface area contributed by atoms with Crippen molar-refractivity contribution >= 4 is 31.9 Å². The number of halogens is 2. The van der Waals surface area contributed by atoms with Crippen molar-refractivity contribution in [1.82, 2.24) is 5.32 Å². The Morgan fingerprint density at radius 3 is 2.42 bits per heavy atom. The Balaban J connectivity index is 1.93. The van der Waals surface area contributed by atoms with Gasteiger partial charge in [0.15, 0.2) is 0 Å². The summed E-state index contributed by atoms with van der Waals surface area (Å²) in [5.41, 5.74) is 1.24. The van der Waals surface area contributed by atoms with Gasteiger partial charge in [0, 0.05) is 19.7 Å². The minimum atomic E-state index is 0.423. The largest absolute Gasteiger partial charge is 0.494 e. The van der Waals surface area contributed by atoms with Crippen LogP contribution < -0.4 is 10.1 Å². The van der Waals surface area contributed by atoms with E-state index in [0.717, 1.165) is 34.1 Å². The molecule has 2 rings (SSSR count). The Morgan fingerprint density at radius 2 is 1.89 bits per heavy atom. The zero-order valence-electron chi connectivity index (χ0n) is 11.2. The topological polar surface area (TPSA) is 30.5 Å². The third-order valence-electron chi connectivity index (χ3n) is 3.57. The fraction of sp³-hybridized carbons (Fsp3) is 0.571. The quantitative estimate of drug-likeness (QED) is 0.824. The average molecular weight is 393 g/mol. The molecule has 0 amide bonds. The first-order valence-corrected chi connectivity index (χ1v) is 8.00. The lowest BCUT2D eigenvalue weighted by Crippen LogP contribution is -2.26. The molecule has 0 radical (unpaired) electrons. The Bertz CT molecular complexity index is 416. The maximum absolute atomic E-state index is 5.39. The summed E-state index contributed by atoms with van der Waals surface area (Å²) in [6, 6.07) is 4.75. The van der Waals surface area contributed by atoms with Gasteiger partial charge in [-0.25, -0.2) is 0 Å². The number of hydrogen-bond acceptors (Lipinski definition) is 3. The van der Waals surface area contributed by atoms with E-state index >= 15 is 0 Å². The maximum atomic E-state index is 5.39. The zero-order chi connectivity index (χ0) is 13.8. The van der Waals surface area contributed by atoms with Crippen molar-refractivity contribution in [2.75, 3.05) is 14.2 Å². The molecule has 1 N–H and O–H groups in total. The Morgan fingerprint density at radius 1 is 1.21 bits per heavy atom. The minimum Gasteiger partial charge on any atom is -0.494 e. The first-order valence-electron chi connectivity index (χ1n) is 6.42. The van der Waals surface area contributed by atoms with Crippen molar-refractivity contribution in [3.8, 4) is 5.75 Å². The summed E-state index contributed by atoms with van der Waals surface area (Å²) in [6.07, 6.45) is 3.88. The van der Waals surface area contributed by atoms with Crippen LogP contribution in [0.5, 0.6) is 5.75 Å². The predicted molar refractivity (Wildman–Crippen MR) is 83.7 cm³/mol. The van der Waals surface area contributed by atoms with Gasteiger partial charge in [-0.1, -0.05) is 0 Å². The van der Waals surface area contributed by atoms with Crippen LogP contribution in [0.25, 0.3) is 0 Å². The molecule has 0 saturated heterocycles. The highest BCUT2D eigenvalue weighted by molar-refractivity contribution is 9.11. The van der Waals surface area contributed by atoms with Crippen LogP contribution in [0, 0.1) is 0 Å². The molecule has 1 fully saturated rings. The third kappa shape index (κ3) is 3.94. The Hall–Kier alpha value is -0.100. The van der Waals surface area contributed by atoms with E-state index in [1.807, 2.05) is 0 Å². The molecule has 2 atom stereocenters. The summed E-state index contributed by atoms with van der Waals surface area (Å²) in [6.45, 7) is 0.863. The number of methoxy groups -OCH3 is 2. The van der Waals surface area contributed by atoms with Crippen LogP contribution >= 0.6 is 31.9 Å². The fourth-order valence-electron chi connectivity index (χ4n) is 2.51. The van der Waals surface area contributed by atoms with E-state index in [1.165, 1.54) is 12.0 Å². The lowest BCUT2D eigenvalue weighted by molar-refractivity contribution is 0.107. The van der Waals surface area contributed by atoms with Crippen molar-refractivity contribution in [2.45, 2.75) is 38.0 Å². The summed E-state index contributed by atoms with van der Waals surface area (Å²) >= 11 is 7.06. The number of rotatable bonds is 5. The second-order valence-electron chi connectivity index (χ2n) is 4.84. The van der Waals surface area contributed by atoms with Crippen LogP contribution in [0.4, 0.5) is 0 Å². The van der Waals surface area contributed by atoms with Gasteiger partial charge in [0.25, 0.3) is 0 Å². The van der Waals surface area contributed by atoms with Crippen LogP contribution in [0.3, 0.4) is 0 Å². The molecule has 1 saturated carbocycles. The van der Waals surface area contributed by atoms with E-state index in [2.05, 4.69) is 49.3 Å². The van der Waals surface area contributed by atoms with Gasteiger partial charge >= 0.3 is 0 Å². The van der Waals surface area contributed by atoms with E-state index in [-0.39, 0.29) is 0 Å². The summed E-state index contributed by atoms with van der Waals surface area (Å²) in [5, 5.41) is 3.59. The highest BCUT2D eigenvalue weighted by Crippen LogP contribution is 2.34. The van der Waals surface area contributed by atoms with Crippen LogP contribution in [0.15, 0.2) is 21.1 Å². The molecule has 5 heteroatoms. The standard InChI is InChI=1S/C14H19Br2NO2/c1-18-11-4-3-10(7-11)17-8-9-5-12(15)14(19-2)13(16)6-9/h5-6,10-11,17H,3-4,7-8H2,1-2H3. The monoisotopic (exact) mass is 391 g/mol. The van der Waals surface area contributed by atoms with E-state index in [9.17, 15) is 0 Å². The molecule has 1 aliphatic carbocycles. The van der Waals surface area contributed by atoms with E-state index in [0.29, 0.717) is 12.1 Å². The molecule has 106 valence electrons.